The summed E-state index contributed by atoms with van der Waals surface area (Å²) in [6.45, 7) is -0.559. The summed E-state index contributed by atoms with van der Waals surface area (Å²) >= 11 is 5.71. The number of hydrogen-bond acceptors (Lipinski definition) is 8. The van der Waals surface area contributed by atoms with Crippen molar-refractivity contribution in [1.82, 2.24) is 4.98 Å². The van der Waals surface area contributed by atoms with E-state index in [0.717, 1.165) is 21.4 Å². The first-order valence-corrected chi connectivity index (χ1v) is 13.7. The molecule has 174 valence electrons. The number of hydrogen-bond donors (Lipinski definition) is 2. The Morgan fingerprint density at radius 2 is 1.85 bits per heavy atom. The molecule has 0 aliphatic heterocycles. The van der Waals surface area contributed by atoms with Crippen molar-refractivity contribution in [2.45, 2.75) is 4.21 Å². The van der Waals surface area contributed by atoms with E-state index < -0.39 is 28.5 Å². The normalized spacial score (nSPS) is 11.1. The van der Waals surface area contributed by atoms with Crippen LogP contribution in [0.1, 0.15) is 10.4 Å². The molecule has 0 fully saturated rings. The van der Waals surface area contributed by atoms with Gasteiger partial charge in [-0.25, -0.2) is 18.2 Å². The number of sulfonamides is 1. The van der Waals surface area contributed by atoms with E-state index in [1.165, 1.54) is 29.5 Å². The lowest BCUT2D eigenvalue weighted by atomic mass is 10.2. The number of para-hydroxylation sites is 1. The molecule has 0 atom stereocenters. The standard InChI is InChI=1S/C22H16BrN3O5S3/c23-15-6-3-5-14(11-15)18-13-33-22(24-18)25-19(27)12-31-21(28)16-7-1-2-8-17(16)26-34(29,30)20-9-4-10-32-20/h1-11,13,26H,12H2,(H,24,25,27). The van der Waals surface area contributed by atoms with Crippen molar-refractivity contribution in [2.24, 2.45) is 0 Å². The first kappa shape index (κ1) is 24.1. The van der Waals surface area contributed by atoms with Crippen LogP contribution in [-0.4, -0.2) is 31.9 Å². The van der Waals surface area contributed by atoms with Crippen molar-refractivity contribution < 1.29 is 22.7 Å². The first-order chi connectivity index (χ1) is 16.3. The van der Waals surface area contributed by atoms with Gasteiger partial charge in [-0.1, -0.05) is 46.3 Å². The molecule has 0 aliphatic carbocycles. The lowest BCUT2D eigenvalue weighted by molar-refractivity contribution is -0.119. The van der Waals surface area contributed by atoms with E-state index in [1.807, 2.05) is 24.3 Å². The molecule has 0 bridgehead atoms. The minimum Gasteiger partial charge on any atom is -0.452 e. The predicted octanol–water partition coefficient (Wildman–Crippen LogP) is 5.23. The van der Waals surface area contributed by atoms with E-state index in [0.29, 0.717) is 10.8 Å². The average molecular weight is 578 g/mol. The van der Waals surface area contributed by atoms with Gasteiger partial charge in [0, 0.05) is 15.4 Å². The van der Waals surface area contributed by atoms with Crippen LogP contribution in [0.4, 0.5) is 10.8 Å². The van der Waals surface area contributed by atoms with E-state index in [-0.39, 0.29) is 15.5 Å². The van der Waals surface area contributed by atoms with Crippen LogP contribution in [0.5, 0.6) is 0 Å². The molecular formula is C22H16BrN3O5S3. The highest BCUT2D eigenvalue weighted by molar-refractivity contribution is 9.10. The van der Waals surface area contributed by atoms with Crippen molar-refractivity contribution in [1.29, 1.82) is 0 Å². The summed E-state index contributed by atoms with van der Waals surface area (Å²) in [4.78, 5) is 29.2. The Kier molecular flexibility index (Phi) is 7.41. The molecule has 0 radical (unpaired) electrons. The molecule has 0 spiro atoms. The molecule has 8 nitrogen and oxygen atoms in total. The second-order valence-corrected chi connectivity index (χ2v) is 11.4. The van der Waals surface area contributed by atoms with Gasteiger partial charge in [0.15, 0.2) is 11.7 Å². The van der Waals surface area contributed by atoms with E-state index in [1.54, 1.807) is 29.0 Å². The summed E-state index contributed by atoms with van der Waals surface area (Å²) in [7, 11) is -3.85. The minimum atomic E-state index is -3.85. The molecule has 12 heteroatoms. The van der Waals surface area contributed by atoms with E-state index in [9.17, 15) is 18.0 Å². The van der Waals surface area contributed by atoms with Gasteiger partial charge < -0.3 is 4.74 Å². The summed E-state index contributed by atoms with van der Waals surface area (Å²) in [6, 6.07) is 16.7. The maximum absolute atomic E-state index is 12.6. The number of carbonyl (C=O) groups excluding carboxylic acids is 2. The Morgan fingerprint density at radius 1 is 1.03 bits per heavy atom. The van der Waals surface area contributed by atoms with E-state index in [4.69, 9.17) is 4.74 Å². The van der Waals surface area contributed by atoms with E-state index in [2.05, 4.69) is 31.0 Å². The monoisotopic (exact) mass is 577 g/mol. The van der Waals surface area contributed by atoms with Crippen LogP contribution >= 0.6 is 38.6 Å². The maximum atomic E-state index is 12.6. The van der Waals surface area contributed by atoms with Crippen molar-refractivity contribution in [3.05, 3.63) is 81.5 Å². The quantitative estimate of drug-likeness (QED) is 0.277. The number of halogens is 1. The number of carbonyl (C=O) groups is 2. The second kappa shape index (κ2) is 10.5. The molecular weight excluding hydrogens is 562 g/mol. The summed E-state index contributed by atoms with van der Waals surface area (Å²) in [5.41, 5.74) is 1.63. The van der Waals surface area contributed by atoms with Crippen molar-refractivity contribution in [2.75, 3.05) is 16.6 Å². The molecule has 0 saturated heterocycles. The summed E-state index contributed by atoms with van der Waals surface area (Å²) in [5, 5.41) is 6.40. The third-order valence-electron chi connectivity index (χ3n) is 4.36. The van der Waals surface area contributed by atoms with Crippen LogP contribution in [0.3, 0.4) is 0 Å². The van der Waals surface area contributed by atoms with Crippen LogP contribution in [0.25, 0.3) is 11.3 Å². The fourth-order valence-corrected chi connectivity index (χ4v) is 6.05. The van der Waals surface area contributed by atoms with Crippen molar-refractivity contribution in [3.8, 4) is 11.3 Å². The van der Waals surface area contributed by atoms with Crippen LogP contribution in [-0.2, 0) is 19.6 Å². The first-order valence-electron chi connectivity index (χ1n) is 9.65. The summed E-state index contributed by atoms with van der Waals surface area (Å²) in [5.74, 6) is -1.41. The lowest BCUT2D eigenvalue weighted by Crippen LogP contribution is -2.22. The molecule has 4 aromatic rings. The van der Waals surface area contributed by atoms with E-state index >= 15 is 0 Å². The average Bonchev–Trinajstić information content (AvgIpc) is 3.51. The van der Waals surface area contributed by atoms with Gasteiger partial charge in [0.2, 0.25) is 0 Å². The fourth-order valence-electron chi connectivity index (χ4n) is 2.84. The Hall–Kier alpha value is -3.06. The summed E-state index contributed by atoms with van der Waals surface area (Å²) in [6.07, 6.45) is 0. The number of esters is 1. The highest BCUT2D eigenvalue weighted by atomic mass is 79.9. The Bertz CT molecular complexity index is 1440. The molecule has 2 heterocycles. The number of thiazole rings is 1. The Balaban J connectivity index is 1.38. The third-order valence-corrected chi connectivity index (χ3v) is 8.37. The zero-order valence-corrected chi connectivity index (χ0v) is 21.3. The van der Waals surface area contributed by atoms with Gasteiger partial charge in [-0.15, -0.1) is 22.7 Å². The zero-order valence-electron chi connectivity index (χ0n) is 17.2. The maximum Gasteiger partial charge on any atom is 0.340 e. The lowest BCUT2D eigenvalue weighted by Gasteiger charge is -2.11. The van der Waals surface area contributed by atoms with Crippen molar-refractivity contribution >= 4 is 71.3 Å². The predicted molar refractivity (Wildman–Crippen MR) is 136 cm³/mol. The highest BCUT2D eigenvalue weighted by Gasteiger charge is 2.21. The number of anilines is 2. The molecule has 34 heavy (non-hydrogen) atoms. The highest BCUT2D eigenvalue weighted by Crippen LogP contribution is 2.27. The molecule has 0 aliphatic rings. The topological polar surface area (TPSA) is 114 Å². The fraction of sp³-hybridized carbons (Fsp3) is 0.0455. The van der Waals surface area contributed by atoms with Gasteiger partial charge in [0.25, 0.3) is 15.9 Å². The smallest absolute Gasteiger partial charge is 0.340 e. The van der Waals surface area contributed by atoms with Crippen LogP contribution in [0.15, 0.2) is 80.1 Å². The third kappa shape index (κ3) is 5.89. The van der Waals surface area contributed by atoms with Gasteiger partial charge in [-0.2, -0.15) is 0 Å². The Morgan fingerprint density at radius 3 is 2.62 bits per heavy atom. The molecule has 1 amide bonds. The SMILES string of the molecule is O=C(COC(=O)c1ccccc1NS(=O)(=O)c1cccs1)Nc1nc(-c2cccc(Br)c2)cs1. The molecule has 4 rings (SSSR count). The molecule has 2 N–H and O–H groups in total. The Labute approximate surface area is 211 Å². The molecule has 2 aromatic carbocycles. The number of rotatable bonds is 8. The van der Waals surface area contributed by atoms with Crippen molar-refractivity contribution in [3.63, 3.8) is 0 Å². The molecule has 0 saturated carbocycles. The number of nitrogens with zero attached hydrogens (tertiary/aromatic N) is 1. The molecule has 2 aromatic heterocycles. The van der Waals surface area contributed by atoms with Gasteiger partial charge in [-0.05, 0) is 35.7 Å². The zero-order chi connectivity index (χ0) is 24.1. The van der Waals surface area contributed by atoms with Gasteiger partial charge in [-0.3, -0.25) is 14.8 Å². The van der Waals surface area contributed by atoms with Crippen LogP contribution in [0, 0.1) is 0 Å². The van der Waals surface area contributed by atoms with Crippen LogP contribution in [0.2, 0.25) is 0 Å². The number of benzene rings is 2. The number of ether oxygens (including phenoxy) is 1. The van der Waals surface area contributed by atoms with Gasteiger partial charge >= 0.3 is 5.97 Å². The second-order valence-electron chi connectivity index (χ2n) is 6.76. The summed E-state index contributed by atoms with van der Waals surface area (Å²) < 4.78 is 33.5. The molecule has 0 unspecified atom stereocenters. The van der Waals surface area contributed by atoms with Crippen LogP contribution < -0.4 is 10.0 Å². The van der Waals surface area contributed by atoms with Gasteiger partial charge in [0.05, 0.1) is 16.9 Å². The number of aromatic nitrogens is 1. The number of amides is 1. The van der Waals surface area contributed by atoms with Gasteiger partial charge in [0.1, 0.15) is 4.21 Å². The minimum absolute atomic E-state index is 0.0124. The number of nitrogens with one attached hydrogen (secondary N) is 2. The largest absolute Gasteiger partial charge is 0.452 e. The number of thiophene rings is 1.